The van der Waals surface area contributed by atoms with Gasteiger partial charge in [-0.25, -0.2) is 22.0 Å². The average Bonchev–Trinajstić information content (AvgIpc) is 3.64. The first kappa shape index (κ1) is 42.1. The van der Waals surface area contributed by atoms with E-state index in [2.05, 4.69) is 31.0 Å². The van der Waals surface area contributed by atoms with Crippen molar-refractivity contribution >= 4 is 27.5 Å². The van der Waals surface area contributed by atoms with E-state index >= 15 is 4.39 Å². The Morgan fingerprint density at radius 2 is 1.58 bits per heavy atom. The van der Waals surface area contributed by atoms with Crippen molar-refractivity contribution in [3.05, 3.63) is 72.1 Å². The summed E-state index contributed by atoms with van der Waals surface area (Å²) in [5, 5.41) is 2.57. The van der Waals surface area contributed by atoms with Gasteiger partial charge >= 0.3 is 6.09 Å². The lowest BCUT2D eigenvalue weighted by atomic mass is 9.57. The number of benzene rings is 2. The van der Waals surface area contributed by atoms with Gasteiger partial charge in [0, 0.05) is 88.0 Å². The number of nitrogens with zero attached hydrogens (tertiary/aromatic N) is 5. The van der Waals surface area contributed by atoms with Gasteiger partial charge in [0.15, 0.2) is 9.84 Å². The number of ether oxygens (including phenoxy) is 1. The quantitative estimate of drug-likeness (QED) is 0.260. The predicted octanol–water partition coefficient (Wildman–Crippen LogP) is 5.12. The molecule has 3 atom stereocenters. The highest BCUT2D eigenvalue weighted by Crippen LogP contribution is 2.51. The third-order valence-electron chi connectivity index (χ3n) is 14.5. The van der Waals surface area contributed by atoms with E-state index in [0.29, 0.717) is 49.2 Å². The largest absolute Gasteiger partial charge is 0.453 e. The van der Waals surface area contributed by atoms with Gasteiger partial charge in [0.2, 0.25) is 5.91 Å². The lowest BCUT2D eigenvalue weighted by Crippen LogP contribution is -2.60. The molecule has 3 unspecified atom stereocenters. The number of likely N-dealkylation sites (tertiary alicyclic amines) is 4. The van der Waals surface area contributed by atoms with Gasteiger partial charge < -0.3 is 29.7 Å². The second-order valence-corrected chi connectivity index (χ2v) is 20.3. The van der Waals surface area contributed by atoms with Gasteiger partial charge in [0.05, 0.1) is 12.0 Å². The SMILES string of the molecule is COC(=O)NC1CCCC1C(CN1CCC1)(c1cccc(F)c1)C1CCN(CC2CN(c3ccc(S(=O)(=O)C4CN(C(=O)C=CCN5CCC(F)CC5)C4)cc3)C2)CC1. The summed E-state index contributed by atoms with van der Waals surface area (Å²) in [4.78, 5) is 36.5. The fraction of sp³-hybridized carbons (Fsp3) is 0.644. The molecule has 0 spiro atoms. The van der Waals surface area contributed by atoms with E-state index in [1.807, 2.05) is 18.2 Å². The minimum atomic E-state index is -3.56. The van der Waals surface area contributed by atoms with Crippen LogP contribution in [0.5, 0.6) is 0 Å². The predicted molar refractivity (Wildman–Crippen MR) is 224 cm³/mol. The van der Waals surface area contributed by atoms with Crippen LogP contribution < -0.4 is 10.2 Å². The van der Waals surface area contributed by atoms with Gasteiger partial charge in [-0.2, -0.15) is 0 Å². The number of anilines is 1. The molecular formula is C45H62F2N6O5S. The number of carbonyl (C=O) groups is 2. The molecule has 0 aromatic heterocycles. The Bertz CT molecular complexity index is 1900. The summed E-state index contributed by atoms with van der Waals surface area (Å²) in [7, 11) is -2.15. The zero-order chi connectivity index (χ0) is 41.1. The molecular weight excluding hydrogens is 775 g/mol. The zero-order valence-electron chi connectivity index (χ0n) is 34.5. The molecule has 1 aliphatic carbocycles. The molecule has 2 aromatic rings. The molecule has 1 N–H and O–H groups in total. The maximum absolute atomic E-state index is 15.0. The number of alkyl carbamates (subject to hydrolysis) is 1. The average molecular weight is 837 g/mol. The highest BCUT2D eigenvalue weighted by Gasteiger charge is 2.53. The molecule has 0 radical (unpaired) electrons. The van der Waals surface area contributed by atoms with Gasteiger partial charge in [-0.05, 0) is 125 Å². The van der Waals surface area contributed by atoms with E-state index in [1.54, 1.807) is 29.2 Å². The first-order valence-corrected chi connectivity index (χ1v) is 23.5. The molecule has 6 fully saturated rings. The molecule has 8 rings (SSSR count). The second kappa shape index (κ2) is 18.2. The number of piperidine rings is 2. The normalized spacial score (nSPS) is 25.7. The summed E-state index contributed by atoms with van der Waals surface area (Å²) in [5.41, 5.74) is 1.80. The Morgan fingerprint density at radius 1 is 0.864 bits per heavy atom. The Kier molecular flexibility index (Phi) is 13.0. The van der Waals surface area contributed by atoms with E-state index < -0.39 is 27.4 Å². The zero-order valence-corrected chi connectivity index (χ0v) is 35.3. The van der Waals surface area contributed by atoms with Crippen LogP contribution in [-0.4, -0.2) is 150 Å². The van der Waals surface area contributed by atoms with Gasteiger partial charge in [-0.3, -0.25) is 9.69 Å². The fourth-order valence-corrected chi connectivity index (χ4v) is 12.6. The monoisotopic (exact) mass is 836 g/mol. The molecule has 5 aliphatic heterocycles. The van der Waals surface area contributed by atoms with Crippen LogP contribution in [0.25, 0.3) is 0 Å². The van der Waals surface area contributed by atoms with Crippen molar-refractivity contribution in [2.75, 3.05) is 97.1 Å². The highest BCUT2D eigenvalue weighted by atomic mass is 32.2. The number of sulfone groups is 1. The van der Waals surface area contributed by atoms with Crippen molar-refractivity contribution in [2.45, 2.75) is 79.1 Å². The molecule has 0 bridgehead atoms. The molecule has 322 valence electrons. The van der Waals surface area contributed by atoms with Crippen LogP contribution >= 0.6 is 0 Å². The van der Waals surface area contributed by atoms with Gasteiger partial charge in [-0.1, -0.05) is 24.6 Å². The number of nitrogens with one attached hydrogen (secondary N) is 1. The van der Waals surface area contributed by atoms with Gasteiger partial charge in [-0.15, -0.1) is 0 Å². The van der Waals surface area contributed by atoms with Crippen molar-refractivity contribution < 1.29 is 31.5 Å². The maximum Gasteiger partial charge on any atom is 0.407 e. The summed E-state index contributed by atoms with van der Waals surface area (Å²) in [6.45, 7) is 10.1. The van der Waals surface area contributed by atoms with Crippen molar-refractivity contribution in [1.29, 1.82) is 0 Å². The number of carbonyl (C=O) groups excluding carboxylic acids is 2. The summed E-state index contributed by atoms with van der Waals surface area (Å²) < 4.78 is 60.3. The van der Waals surface area contributed by atoms with Crippen LogP contribution in [0.15, 0.2) is 65.6 Å². The van der Waals surface area contributed by atoms with Crippen molar-refractivity contribution in [3.63, 3.8) is 0 Å². The Hall–Kier alpha value is -3.59. The van der Waals surface area contributed by atoms with Crippen molar-refractivity contribution in [2.24, 2.45) is 17.8 Å². The first-order valence-electron chi connectivity index (χ1n) is 22.0. The number of methoxy groups -OCH3 is 1. The van der Waals surface area contributed by atoms with E-state index in [0.717, 1.165) is 95.7 Å². The molecule has 5 heterocycles. The number of hydrogen-bond donors (Lipinski definition) is 1. The maximum atomic E-state index is 15.0. The van der Waals surface area contributed by atoms with Crippen LogP contribution in [0, 0.1) is 23.6 Å². The fourth-order valence-electron chi connectivity index (χ4n) is 11.0. The lowest BCUT2D eigenvalue weighted by Gasteiger charge is -2.54. The molecule has 59 heavy (non-hydrogen) atoms. The van der Waals surface area contributed by atoms with E-state index in [4.69, 9.17) is 4.74 Å². The van der Waals surface area contributed by atoms with Crippen LogP contribution in [-0.2, 0) is 24.8 Å². The Balaban J connectivity index is 0.831. The summed E-state index contributed by atoms with van der Waals surface area (Å²) in [6.07, 6.45) is 9.36. The molecule has 11 nitrogen and oxygen atoms in total. The third kappa shape index (κ3) is 9.21. The topological polar surface area (TPSA) is 106 Å². The van der Waals surface area contributed by atoms with Gasteiger partial charge in [0.25, 0.3) is 0 Å². The van der Waals surface area contributed by atoms with Crippen LogP contribution in [0.1, 0.15) is 56.9 Å². The second-order valence-electron chi connectivity index (χ2n) is 18.1. The van der Waals surface area contributed by atoms with E-state index in [-0.39, 0.29) is 42.2 Å². The van der Waals surface area contributed by atoms with E-state index in [9.17, 15) is 22.4 Å². The number of halogens is 2. The first-order chi connectivity index (χ1) is 28.5. The Morgan fingerprint density at radius 3 is 2.24 bits per heavy atom. The molecule has 1 saturated carbocycles. The molecule has 2 aromatic carbocycles. The number of alkyl halides is 1. The smallest absolute Gasteiger partial charge is 0.407 e. The molecule has 14 heteroatoms. The summed E-state index contributed by atoms with van der Waals surface area (Å²) >= 11 is 0. The van der Waals surface area contributed by atoms with E-state index in [1.165, 1.54) is 25.7 Å². The Labute approximate surface area is 349 Å². The molecule has 2 amide bonds. The van der Waals surface area contributed by atoms with Crippen LogP contribution in [0.4, 0.5) is 19.3 Å². The lowest BCUT2D eigenvalue weighted by molar-refractivity contribution is -0.129. The van der Waals surface area contributed by atoms with Crippen molar-refractivity contribution in [1.82, 2.24) is 24.9 Å². The highest BCUT2D eigenvalue weighted by molar-refractivity contribution is 7.92. The number of hydrogen-bond acceptors (Lipinski definition) is 9. The standard InChI is InChI=1S/C45H62F2N6O5S/c1-58-44(55)48-42-9-3-8-41(42)45(32-51-20-5-21-51,35-6-2-7-37(47)26-35)34-15-22-50(23-16-34)27-33-28-52(29-33)38-11-13-39(14-12-38)59(56,57)40-30-53(31-40)43(54)10-4-19-49-24-17-36(46)18-25-49/h2,4,6-7,10-14,26,33-34,36,40-42H,3,5,8-9,15-25,27-32H2,1H3,(H,48,55). The minimum Gasteiger partial charge on any atom is -0.453 e. The number of amides is 2. The third-order valence-corrected chi connectivity index (χ3v) is 16.6. The van der Waals surface area contributed by atoms with Crippen molar-refractivity contribution in [3.8, 4) is 0 Å². The van der Waals surface area contributed by atoms with Crippen LogP contribution in [0.2, 0.25) is 0 Å². The van der Waals surface area contributed by atoms with Crippen LogP contribution in [0.3, 0.4) is 0 Å². The number of rotatable bonds is 14. The summed E-state index contributed by atoms with van der Waals surface area (Å²) in [6, 6.07) is 14.5. The summed E-state index contributed by atoms with van der Waals surface area (Å²) in [5.74, 6) is 0.660. The molecule has 6 aliphatic rings. The van der Waals surface area contributed by atoms with Gasteiger partial charge in [0.1, 0.15) is 17.2 Å². The minimum absolute atomic E-state index is 0.0166. The molecule has 5 saturated heterocycles.